The van der Waals surface area contributed by atoms with Gasteiger partial charge in [-0.1, -0.05) is 30.3 Å². The number of aryl methyl sites for hydroxylation is 1. The van der Waals surface area contributed by atoms with Crippen molar-refractivity contribution in [2.75, 3.05) is 0 Å². The van der Waals surface area contributed by atoms with E-state index in [0.29, 0.717) is 22.8 Å². The second kappa shape index (κ2) is 5.25. The molecule has 4 rings (SSSR count). The Hall–Kier alpha value is -3.59. The molecule has 0 aliphatic carbocycles. The maximum Gasteiger partial charge on any atom is 0.173 e. The van der Waals surface area contributed by atoms with Crippen LogP contribution in [-0.4, -0.2) is 24.9 Å². The van der Waals surface area contributed by atoms with Crippen molar-refractivity contribution in [3.8, 4) is 34.6 Å². The summed E-state index contributed by atoms with van der Waals surface area (Å²) in [5.74, 6) is 0.582. The van der Waals surface area contributed by atoms with E-state index in [1.807, 2.05) is 30.3 Å². The minimum absolute atomic E-state index is 0.0725. The van der Waals surface area contributed by atoms with Gasteiger partial charge in [0.2, 0.25) is 0 Å². The largest absolute Gasteiger partial charge is 0.504 e. The van der Waals surface area contributed by atoms with Crippen molar-refractivity contribution >= 4 is 11.0 Å². The Morgan fingerprint density at radius 2 is 1.96 bits per heavy atom. The molecule has 2 heterocycles. The number of aromatic nitrogens is 4. The number of nitrogens with one attached hydrogen (secondary N) is 1. The summed E-state index contributed by atoms with van der Waals surface area (Å²) in [6.07, 6.45) is 0. The summed E-state index contributed by atoms with van der Waals surface area (Å²) in [6, 6.07) is 16.8. The topological polar surface area (TPSA) is 90.5 Å². The molecular formula is C18H13N5O. The quantitative estimate of drug-likeness (QED) is 0.594. The minimum atomic E-state index is 0.0725. The van der Waals surface area contributed by atoms with E-state index >= 15 is 0 Å². The van der Waals surface area contributed by atoms with E-state index in [2.05, 4.69) is 21.1 Å². The summed E-state index contributed by atoms with van der Waals surface area (Å²) in [5.41, 5.74) is 3.86. The Morgan fingerprint density at radius 3 is 2.71 bits per heavy atom. The Bertz CT molecular complexity index is 1090. The van der Waals surface area contributed by atoms with E-state index in [-0.39, 0.29) is 5.75 Å². The molecule has 2 aromatic heterocycles. The van der Waals surface area contributed by atoms with Gasteiger partial charge in [-0.25, -0.2) is 4.98 Å². The van der Waals surface area contributed by atoms with Crippen molar-refractivity contribution in [3.63, 3.8) is 0 Å². The molecule has 0 saturated heterocycles. The zero-order valence-corrected chi connectivity index (χ0v) is 12.9. The molecule has 6 heteroatoms. The molecular weight excluding hydrogens is 302 g/mol. The molecule has 0 spiro atoms. The zero-order valence-electron chi connectivity index (χ0n) is 12.9. The molecule has 2 aromatic carbocycles. The second-order valence-corrected chi connectivity index (χ2v) is 5.46. The fourth-order valence-corrected chi connectivity index (χ4v) is 2.76. The summed E-state index contributed by atoms with van der Waals surface area (Å²) in [5, 5.41) is 24.1. The highest BCUT2D eigenvalue weighted by molar-refractivity contribution is 5.83. The van der Waals surface area contributed by atoms with Crippen LogP contribution in [0.15, 0.2) is 48.5 Å². The van der Waals surface area contributed by atoms with E-state index in [9.17, 15) is 5.11 Å². The summed E-state index contributed by atoms with van der Waals surface area (Å²) in [7, 11) is 1.76. The fraction of sp³-hybridized carbons (Fsp3) is 0.0556. The lowest BCUT2D eigenvalue weighted by molar-refractivity contribution is 0.478. The van der Waals surface area contributed by atoms with Crippen LogP contribution in [-0.2, 0) is 7.05 Å². The number of hydrogen-bond donors (Lipinski definition) is 2. The summed E-state index contributed by atoms with van der Waals surface area (Å²) >= 11 is 0. The second-order valence-electron chi connectivity index (χ2n) is 5.46. The van der Waals surface area contributed by atoms with E-state index in [1.54, 1.807) is 29.9 Å². The first-order valence-corrected chi connectivity index (χ1v) is 7.39. The number of fused-ring (bicyclic) bond motifs is 1. The number of benzene rings is 2. The molecule has 0 aliphatic rings. The van der Waals surface area contributed by atoms with Crippen LogP contribution in [0.2, 0.25) is 0 Å². The standard InChI is InChI=1S/C18H13N5O/c1-23-16(17(24)15(22-23)12-5-3-2-4-6-12)18-20-13-8-7-11(10-19)9-14(13)21-18/h2-9,24H,1H3,(H,20,21). The minimum Gasteiger partial charge on any atom is -0.504 e. The van der Waals surface area contributed by atoms with E-state index in [4.69, 9.17) is 5.26 Å². The number of aromatic hydroxyl groups is 1. The lowest BCUT2D eigenvalue weighted by Gasteiger charge is -1.98. The van der Waals surface area contributed by atoms with E-state index in [1.165, 1.54) is 0 Å². The third-order valence-electron chi connectivity index (χ3n) is 3.90. The third kappa shape index (κ3) is 2.11. The van der Waals surface area contributed by atoms with Crippen molar-refractivity contribution in [2.45, 2.75) is 0 Å². The number of hydrogen-bond acceptors (Lipinski definition) is 4. The van der Waals surface area contributed by atoms with Crippen LogP contribution in [0.1, 0.15) is 5.56 Å². The zero-order chi connectivity index (χ0) is 16.7. The van der Waals surface area contributed by atoms with Crippen LogP contribution in [0.25, 0.3) is 33.8 Å². The van der Waals surface area contributed by atoms with Crippen molar-refractivity contribution in [3.05, 3.63) is 54.1 Å². The van der Waals surface area contributed by atoms with Crippen LogP contribution in [0, 0.1) is 11.3 Å². The molecule has 0 amide bonds. The van der Waals surface area contributed by atoms with E-state index in [0.717, 1.165) is 16.6 Å². The number of imidazole rings is 1. The molecule has 116 valence electrons. The molecule has 0 unspecified atom stereocenters. The maximum absolute atomic E-state index is 10.6. The number of nitrogens with zero attached hydrogens (tertiary/aromatic N) is 4. The first-order valence-electron chi connectivity index (χ1n) is 7.39. The smallest absolute Gasteiger partial charge is 0.173 e. The lowest BCUT2D eigenvalue weighted by atomic mass is 10.1. The molecule has 4 aromatic rings. The average Bonchev–Trinajstić information content (AvgIpc) is 3.15. The Kier molecular flexibility index (Phi) is 3.07. The van der Waals surface area contributed by atoms with Crippen molar-refractivity contribution in [1.82, 2.24) is 19.7 Å². The normalized spacial score (nSPS) is 10.8. The maximum atomic E-state index is 10.6. The van der Waals surface area contributed by atoms with Crippen molar-refractivity contribution in [1.29, 1.82) is 5.26 Å². The Morgan fingerprint density at radius 1 is 1.17 bits per heavy atom. The fourth-order valence-electron chi connectivity index (χ4n) is 2.76. The number of H-pyrrole nitrogens is 1. The van der Waals surface area contributed by atoms with E-state index < -0.39 is 0 Å². The summed E-state index contributed by atoms with van der Waals surface area (Å²) in [6.45, 7) is 0. The Balaban J connectivity index is 1.88. The van der Waals surface area contributed by atoms with Gasteiger partial charge < -0.3 is 10.1 Å². The SMILES string of the molecule is Cn1nc(-c2ccccc2)c(O)c1-c1nc2ccc(C#N)cc2[nH]1. The first-order chi connectivity index (χ1) is 11.7. The van der Waals surface area contributed by atoms with Crippen LogP contribution in [0.4, 0.5) is 0 Å². The summed E-state index contributed by atoms with van der Waals surface area (Å²) < 4.78 is 1.60. The molecule has 0 atom stereocenters. The van der Waals surface area contributed by atoms with Gasteiger partial charge in [-0.2, -0.15) is 10.4 Å². The molecule has 0 bridgehead atoms. The lowest BCUT2D eigenvalue weighted by Crippen LogP contribution is -1.95. The number of rotatable bonds is 2. The highest BCUT2D eigenvalue weighted by Crippen LogP contribution is 2.36. The molecule has 0 fully saturated rings. The van der Waals surface area contributed by atoms with Crippen LogP contribution >= 0.6 is 0 Å². The predicted octanol–water partition coefficient (Wildman–Crippen LogP) is 3.21. The van der Waals surface area contributed by atoms with Crippen molar-refractivity contribution in [2.24, 2.45) is 7.05 Å². The summed E-state index contributed by atoms with van der Waals surface area (Å²) in [4.78, 5) is 7.65. The van der Waals surface area contributed by atoms with Gasteiger partial charge >= 0.3 is 0 Å². The third-order valence-corrected chi connectivity index (χ3v) is 3.90. The monoisotopic (exact) mass is 315 g/mol. The Labute approximate surface area is 137 Å². The number of nitriles is 1. The molecule has 24 heavy (non-hydrogen) atoms. The number of aromatic amines is 1. The van der Waals surface area contributed by atoms with Gasteiger partial charge in [0.25, 0.3) is 0 Å². The molecule has 2 N–H and O–H groups in total. The van der Waals surface area contributed by atoms with Crippen molar-refractivity contribution < 1.29 is 5.11 Å². The van der Waals surface area contributed by atoms with Gasteiger partial charge in [0.05, 0.1) is 22.7 Å². The van der Waals surface area contributed by atoms with Gasteiger partial charge in [0.15, 0.2) is 11.6 Å². The van der Waals surface area contributed by atoms with Gasteiger partial charge in [-0.05, 0) is 18.2 Å². The van der Waals surface area contributed by atoms with Gasteiger partial charge in [-0.3, -0.25) is 4.68 Å². The average molecular weight is 315 g/mol. The van der Waals surface area contributed by atoms with Crippen LogP contribution in [0.3, 0.4) is 0 Å². The molecule has 0 radical (unpaired) electrons. The van der Waals surface area contributed by atoms with Gasteiger partial charge in [-0.15, -0.1) is 0 Å². The highest BCUT2D eigenvalue weighted by atomic mass is 16.3. The van der Waals surface area contributed by atoms with Gasteiger partial charge in [0.1, 0.15) is 11.4 Å². The molecule has 6 nitrogen and oxygen atoms in total. The van der Waals surface area contributed by atoms with Gasteiger partial charge in [0, 0.05) is 12.6 Å². The first kappa shape index (κ1) is 14.0. The van der Waals surface area contributed by atoms with Crippen LogP contribution < -0.4 is 0 Å². The predicted molar refractivity (Wildman–Crippen MR) is 90.1 cm³/mol. The highest BCUT2D eigenvalue weighted by Gasteiger charge is 2.20. The molecule has 0 saturated carbocycles. The van der Waals surface area contributed by atoms with Crippen LogP contribution in [0.5, 0.6) is 5.75 Å². The molecule has 0 aliphatic heterocycles.